The summed E-state index contributed by atoms with van der Waals surface area (Å²) in [7, 11) is 0. The number of hydrogen-bond donors (Lipinski definition) is 2. The molecule has 0 aliphatic carbocycles. The van der Waals surface area contributed by atoms with Crippen molar-refractivity contribution in [1.82, 2.24) is 15.5 Å². The number of nitrogens with zero attached hydrogens (tertiary/aromatic N) is 2. The average molecular weight is 300 g/mol. The molecule has 2 rings (SSSR count). The minimum atomic E-state index is -0.163. The Bertz CT molecular complexity index is 404. The topological polar surface area (TPSA) is 66.9 Å². The number of anilines is 1. The van der Waals surface area contributed by atoms with Crippen LogP contribution in [0, 0.1) is 0 Å². The quantitative estimate of drug-likeness (QED) is 0.793. The molecule has 2 amide bonds. The van der Waals surface area contributed by atoms with E-state index in [0.717, 1.165) is 35.8 Å². The summed E-state index contributed by atoms with van der Waals surface area (Å²) in [6, 6.07) is 0.130. The number of thioether (sulfide) groups is 1. The molecule has 0 bridgehead atoms. The maximum atomic E-state index is 11.7. The fraction of sp³-hybridized carbons (Fsp3) is 0.750. The van der Waals surface area contributed by atoms with Crippen LogP contribution in [0.3, 0.4) is 0 Å². The van der Waals surface area contributed by atoms with Crippen LogP contribution in [0.25, 0.3) is 0 Å². The maximum Gasteiger partial charge on any atom is 0.321 e. The molecule has 1 aromatic rings. The molecular weight excluding hydrogens is 280 g/mol. The fourth-order valence-corrected chi connectivity index (χ4v) is 3.83. The molecule has 1 aromatic heterocycles. The van der Waals surface area contributed by atoms with Gasteiger partial charge < -0.3 is 5.32 Å². The smallest absolute Gasteiger partial charge is 0.321 e. The first-order chi connectivity index (χ1) is 9.28. The van der Waals surface area contributed by atoms with Crippen LogP contribution in [0.5, 0.6) is 0 Å². The van der Waals surface area contributed by atoms with Crippen molar-refractivity contribution in [2.24, 2.45) is 0 Å². The Morgan fingerprint density at radius 1 is 1.42 bits per heavy atom. The lowest BCUT2D eigenvalue weighted by molar-refractivity contribution is 0.249. The van der Waals surface area contributed by atoms with E-state index in [-0.39, 0.29) is 6.03 Å². The van der Waals surface area contributed by atoms with Gasteiger partial charge in [-0.15, -0.1) is 10.2 Å². The first-order valence-electron chi connectivity index (χ1n) is 6.75. The van der Waals surface area contributed by atoms with Gasteiger partial charge in [0.15, 0.2) is 0 Å². The maximum absolute atomic E-state index is 11.7. The van der Waals surface area contributed by atoms with Gasteiger partial charge in [-0.2, -0.15) is 11.8 Å². The van der Waals surface area contributed by atoms with E-state index in [1.807, 2.05) is 11.8 Å². The molecule has 1 aliphatic rings. The lowest BCUT2D eigenvalue weighted by Gasteiger charge is -2.10. The molecule has 1 aliphatic heterocycles. The molecule has 106 valence electrons. The minimum absolute atomic E-state index is 0.163. The monoisotopic (exact) mass is 300 g/mol. The van der Waals surface area contributed by atoms with Crippen LogP contribution >= 0.6 is 23.1 Å². The lowest BCUT2D eigenvalue weighted by Crippen LogP contribution is -2.37. The predicted molar refractivity (Wildman–Crippen MR) is 81.0 cm³/mol. The van der Waals surface area contributed by atoms with Gasteiger partial charge in [0.05, 0.1) is 0 Å². The Hall–Kier alpha value is -0.820. The number of urea groups is 1. The van der Waals surface area contributed by atoms with Gasteiger partial charge in [-0.05, 0) is 18.6 Å². The van der Waals surface area contributed by atoms with Gasteiger partial charge in [0.25, 0.3) is 0 Å². The summed E-state index contributed by atoms with van der Waals surface area (Å²) < 4.78 is 0. The molecule has 0 aromatic carbocycles. The van der Waals surface area contributed by atoms with Crippen LogP contribution in [-0.4, -0.2) is 33.8 Å². The van der Waals surface area contributed by atoms with E-state index >= 15 is 0 Å². The van der Waals surface area contributed by atoms with Crippen molar-refractivity contribution >= 4 is 34.3 Å². The van der Waals surface area contributed by atoms with Crippen LogP contribution in [0.1, 0.15) is 37.6 Å². The van der Waals surface area contributed by atoms with Crippen LogP contribution in [-0.2, 0) is 6.42 Å². The van der Waals surface area contributed by atoms with Crippen LogP contribution in [0.4, 0.5) is 9.93 Å². The zero-order chi connectivity index (χ0) is 13.5. The van der Waals surface area contributed by atoms with Crippen molar-refractivity contribution in [3.63, 3.8) is 0 Å². The Morgan fingerprint density at radius 2 is 2.32 bits per heavy atom. The summed E-state index contributed by atoms with van der Waals surface area (Å²) in [5.74, 6) is 2.14. The molecule has 1 fully saturated rings. The summed E-state index contributed by atoms with van der Waals surface area (Å²) in [4.78, 5) is 11.7. The molecule has 1 unspecified atom stereocenters. The fourth-order valence-electron chi connectivity index (χ4n) is 1.90. The second-order valence-electron chi connectivity index (χ2n) is 4.62. The number of amides is 2. The molecule has 19 heavy (non-hydrogen) atoms. The van der Waals surface area contributed by atoms with Gasteiger partial charge in [-0.25, -0.2) is 4.79 Å². The number of aryl methyl sites for hydroxylation is 1. The molecule has 2 N–H and O–H groups in total. The van der Waals surface area contributed by atoms with Gasteiger partial charge in [-0.3, -0.25) is 5.32 Å². The van der Waals surface area contributed by atoms with Crippen LogP contribution in [0.2, 0.25) is 0 Å². The standard InChI is InChI=1S/C12H20N4OS2/c1-2-3-4-5-10-15-16-12(19-10)14-11(17)13-9-6-7-18-8-9/h9H,2-8H2,1H3,(H2,13,14,16,17). The summed E-state index contributed by atoms with van der Waals surface area (Å²) in [5, 5.41) is 15.4. The number of hydrogen-bond acceptors (Lipinski definition) is 5. The van der Waals surface area contributed by atoms with E-state index in [9.17, 15) is 4.79 Å². The zero-order valence-corrected chi connectivity index (χ0v) is 12.8. The normalized spacial score (nSPS) is 18.5. The highest BCUT2D eigenvalue weighted by molar-refractivity contribution is 7.99. The van der Waals surface area contributed by atoms with E-state index in [4.69, 9.17) is 0 Å². The number of carbonyl (C=O) groups excluding carboxylic acids is 1. The van der Waals surface area contributed by atoms with E-state index in [1.165, 1.54) is 24.2 Å². The molecular formula is C12H20N4OS2. The third-order valence-electron chi connectivity index (χ3n) is 2.95. The average Bonchev–Trinajstić information content (AvgIpc) is 3.02. The van der Waals surface area contributed by atoms with Crippen molar-refractivity contribution in [3.8, 4) is 0 Å². The van der Waals surface area contributed by atoms with Gasteiger partial charge >= 0.3 is 6.03 Å². The predicted octanol–water partition coefficient (Wildman–Crippen LogP) is 2.90. The summed E-state index contributed by atoms with van der Waals surface area (Å²) in [6.07, 6.45) is 5.55. The molecule has 1 saturated heterocycles. The van der Waals surface area contributed by atoms with Gasteiger partial charge in [0.1, 0.15) is 5.01 Å². The summed E-state index contributed by atoms with van der Waals surface area (Å²) in [6.45, 7) is 2.18. The summed E-state index contributed by atoms with van der Waals surface area (Å²) in [5.41, 5.74) is 0. The second kappa shape index (κ2) is 7.69. The molecule has 2 heterocycles. The van der Waals surface area contributed by atoms with Crippen LogP contribution in [0.15, 0.2) is 0 Å². The summed E-state index contributed by atoms with van der Waals surface area (Å²) >= 11 is 3.35. The van der Waals surface area contributed by atoms with Crippen molar-refractivity contribution < 1.29 is 4.79 Å². The minimum Gasteiger partial charge on any atom is -0.334 e. The largest absolute Gasteiger partial charge is 0.334 e. The van der Waals surface area contributed by atoms with Crippen molar-refractivity contribution in [2.75, 3.05) is 16.8 Å². The van der Waals surface area contributed by atoms with Crippen molar-refractivity contribution in [1.29, 1.82) is 0 Å². The number of rotatable bonds is 6. The Labute approximate surface area is 122 Å². The van der Waals surface area contributed by atoms with Crippen molar-refractivity contribution in [2.45, 2.75) is 45.1 Å². The molecule has 7 heteroatoms. The van der Waals surface area contributed by atoms with Gasteiger partial charge in [0.2, 0.25) is 5.13 Å². The van der Waals surface area contributed by atoms with E-state index in [2.05, 4.69) is 27.8 Å². The first-order valence-corrected chi connectivity index (χ1v) is 8.72. The molecule has 5 nitrogen and oxygen atoms in total. The zero-order valence-electron chi connectivity index (χ0n) is 11.1. The number of aromatic nitrogens is 2. The highest BCUT2D eigenvalue weighted by atomic mass is 32.2. The SMILES string of the molecule is CCCCCc1nnc(NC(=O)NC2CCSC2)s1. The Kier molecular flexibility index (Phi) is 5.91. The van der Waals surface area contributed by atoms with Crippen molar-refractivity contribution in [3.05, 3.63) is 5.01 Å². The number of nitrogens with one attached hydrogen (secondary N) is 2. The molecule has 0 saturated carbocycles. The third-order valence-corrected chi connectivity index (χ3v) is 5.01. The van der Waals surface area contributed by atoms with E-state index in [1.54, 1.807) is 0 Å². The highest BCUT2D eigenvalue weighted by Crippen LogP contribution is 2.19. The second-order valence-corrected chi connectivity index (χ2v) is 6.83. The highest BCUT2D eigenvalue weighted by Gasteiger charge is 2.18. The Morgan fingerprint density at radius 3 is 3.05 bits per heavy atom. The number of unbranched alkanes of at least 4 members (excludes halogenated alkanes) is 2. The molecule has 0 spiro atoms. The van der Waals surface area contributed by atoms with Crippen LogP contribution < -0.4 is 10.6 Å². The number of carbonyl (C=O) groups is 1. The Balaban J connectivity index is 1.73. The van der Waals surface area contributed by atoms with E-state index < -0.39 is 0 Å². The van der Waals surface area contributed by atoms with Gasteiger partial charge in [-0.1, -0.05) is 31.1 Å². The lowest BCUT2D eigenvalue weighted by atomic mass is 10.2. The third kappa shape index (κ3) is 4.99. The first kappa shape index (κ1) is 14.6. The molecule has 1 atom stereocenters. The van der Waals surface area contributed by atoms with Gasteiger partial charge in [0, 0.05) is 18.2 Å². The molecule has 0 radical (unpaired) electrons. The van der Waals surface area contributed by atoms with E-state index in [0.29, 0.717) is 11.2 Å².